The van der Waals surface area contributed by atoms with Gasteiger partial charge in [0.1, 0.15) is 12.4 Å². The number of hydrogen-bond acceptors (Lipinski definition) is 4. The fourth-order valence-corrected chi connectivity index (χ4v) is 3.12. The van der Waals surface area contributed by atoms with Gasteiger partial charge in [0.25, 0.3) is 0 Å². The van der Waals surface area contributed by atoms with Crippen LogP contribution in [0.15, 0.2) is 42.5 Å². The van der Waals surface area contributed by atoms with E-state index >= 15 is 0 Å². The van der Waals surface area contributed by atoms with E-state index in [1.165, 1.54) is 11.8 Å². The standard InChI is InChI=1S/C21H20F3N3O4/c1-13(28)25-15-7-6-14(21(22,23)24)12-16(15)26-19(29)8-9-20(30)27-10-11-31-18-5-3-2-4-17(18)27/h2-7,12H,8-11H2,1H3,(H,25,28)(H,26,29). The third kappa shape index (κ3) is 5.53. The molecule has 2 N–H and O–H groups in total. The van der Waals surface area contributed by atoms with Crippen molar-refractivity contribution < 1.29 is 32.3 Å². The number of ether oxygens (including phenoxy) is 1. The molecule has 0 bridgehead atoms. The minimum absolute atomic E-state index is 0.0299. The zero-order chi connectivity index (χ0) is 22.6. The first-order chi connectivity index (χ1) is 14.6. The lowest BCUT2D eigenvalue weighted by molar-refractivity contribution is -0.137. The van der Waals surface area contributed by atoms with Gasteiger partial charge in [-0.3, -0.25) is 14.4 Å². The third-order valence-electron chi connectivity index (χ3n) is 4.53. The van der Waals surface area contributed by atoms with Crippen LogP contribution < -0.4 is 20.3 Å². The number of anilines is 3. The Hall–Kier alpha value is -3.56. The highest BCUT2D eigenvalue weighted by Gasteiger charge is 2.31. The number of fused-ring (bicyclic) bond motifs is 1. The third-order valence-corrected chi connectivity index (χ3v) is 4.53. The number of nitrogens with one attached hydrogen (secondary N) is 2. The minimum Gasteiger partial charge on any atom is -0.490 e. The molecule has 0 aliphatic carbocycles. The molecule has 0 saturated heterocycles. The van der Waals surface area contributed by atoms with E-state index in [9.17, 15) is 27.6 Å². The van der Waals surface area contributed by atoms with Gasteiger partial charge in [-0.15, -0.1) is 0 Å². The van der Waals surface area contributed by atoms with Gasteiger partial charge < -0.3 is 20.3 Å². The van der Waals surface area contributed by atoms with Gasteiger partial charge in [0.05, 0.1) is 29.2 Å². The van der Waals surface area contributed by atoms with Gasteiger partial charge in [-0.25, -0.2) is 0 Å². The molecule has 1 aliphatic rings. The van der Waals surface area contributed by atoms with Gasteiger partial charge in [-0.2, -0.15) is 13.2 Å². The molecule has 0 spiro atoms. The van der Waals surface area contributed by atoms with Crippen LogP contribution in [0.25, 0.3) is 0 Å². The highest BCUT2D eigenvalue weighted by molar-refractivity contribution is 6.01. The average Bonchev–Trinajstić information content (AvgIpc) is 2.71. The summed E-state index contributed by atoms with van der Waals surface area (Å²) in [5.74, 6) is -0.898. The smallest absolute Gasteiger partial charge is 0.416 e. The van der Waals surface area contributed by atoms with E-state index in [0.717, 1.165) is 18.2 Å². The number of nitrogens with zero attached hydrogens (tertiary/aromatic N) is 1. The quantitative estimate of drug-likeness (QED) is 0.748. The number of carbonyl (C=O) groups is 3. The van der Waals surface area contributed by atoms with Gasteiger partial charge in [-0.1, -0.05) is 12.1 Å². The Kier molecular flexibility index (Phi) is 6.47. The van der Waals surface area contributed by atoms with Crippen molar-refractivity contribution in [3.63, 3.8) is 0 Å². The highest BCUT2D eigenvalue weighted by Crippen LogP contribution is 2.34. The predicted molar refractivity (Wildman–Crippen MR) is 108 cm³/mol. The second-order valence-electron chi connectivity index (χ2n) is 6.85. The second-order valence-corrected chi connectivity index (χ2v) is 6.85. The van der Waals surface area contributed by atoms with Crippen LogP contribution in [0.5, 0.6) is 5.75 Å². The van der Waals surface area contributed by atoms with E-state index in [0.29, 0.717) is 24.6 Å². The van der Waals surface area contributed by atoms with Crippen molar-refractivity contribution in [3.8, 4) is 5.75 Å². The van der Waals surface area contributed by atoms with Gasteiger partial charge in [-0.05, 0) is 30.3 Å². The number of alkyl halides is 3. The molecule has 2 aromatic carbocycles. The summed E-state index contributed by atoms with van der Waals surface area (Å²) in [5.41, 5.74) is -0.538. The summed E-state index contributed by atoms with van der Waals surface area (Å²) < 4.78 is 44.6. The average molecular weight is 435 g/mol. The van der Waals surface area contributed by atoms with E-state index in [4.69, 9.17) is 4.74 Å². The van der Waals surface area contributed by atoms with E-state index in [1.807, 2.05) is 0 Å². The molecule has 3 rings (SSSR count). The maximum absolute atomic E-state index is 13.0. The Bertz CT molecular complexity index is 1010. The Morgan fingerprint density at radius 1 is 1.03 bits per heavy atom. The van der Waals surface area contributed by atoms with E-state index in [2.05, 4.69) is 10.6 Å². The number of benzene rings is 2. The molecule has 3 amide bonds. The fourth-order valence-electron chi connectivity index (χ4n) is 3.12. The predicted octanol–water partition coefficient (Wildman–Crippen LogP) is 3.81. The van der Waals surface area contributed by atoms with Crippen LogP contribution in [-0.4, -0.2) is 30.9 Å². The van der Waals surface area contributed by atoms with Crippen molar-refractivity contribution >= 4 is 34.8 Å². The van der Waals surface area contributed by atoms with Crippen LogP contribution in [0.4, 0.5) is 30.2 Å². The lowest BCUT2D eigenvalue weighted by Gasteiger charge is -2.29. The Morgan fingerprint density at radius 3 is 2.48 bits per heavy atom. The van der Waals surface area contributed by atoms with Gasteiger partial charge in [0.2, 0.25) is 17.7 Å². The molecule has 10 heteroatoms. The molecule has 1 aliphatic heterocycles. The Morgan fingerprint density at radius 2 is 1.77 bits per heavy atom. The van der Waals surface area contributed by atoms with Crippen LogP contribution in [-0.2, 0) is 20.6 Å². The van der Waals surface area contributed by atoms with Crippen LogP contribution in [0, 0.1) is 0 Å². The number of rotatable bonds is 5. The topological polar surface area (TPSA) is 87.7 Å². The first-order valence-electron chi connectivity index (χ1n) is 9.46. The molecule has 7 nitrogen and oxygen atoms in total. The fraction of sp³-hybridized carbons (Fsp3) is 0.286. The maximum atomic E-state index is 13.0. The first-order valence-corrected chi connectivity index (χ1v) is 9.46. The van der Waals surface area contributed by atoms with E-state index < -0.39 is 23.6 Å². The number of hydrogen-bond donors (Lipinski definition) is 2. The Balaban J connectivity index is 1.68. The molecule has 0 unspecified atom stereocenters. The van der Waals surface area contributed by atoms with Crippen molar-refractivity contribution in [2.45, 2.75) is 25.9 Å². The number of halogens is 3. The monoisotopic (exact) mass is 435 g/mol. The van der Waals surface area contributed by atoms with Crippen LogP contribution in [0.1, 0.15) is 25.3 Å². The zero-order valence-corrected chi connectivity index (χ0v) is 16.6. The molecule has 0 fully saturated rings. The van der Waals surface area contributed by atoms with Crippen molar-refractivity contribution in [3.05, 3.63) is 48.0 Å². The summed E-state index contributed by atoms with van der Waals surface area (Å²) >= 11 is 0. The summed E-state index contributed by atoms with van der Waals surface area (Å²) in [7, 11) is 0. The van der Waals surface area contributed by atoms with Crippen LogP contribution >= 0.6 is 0 Å². The molecule has 31 heavy (non-hydrogen) atoms. The molecule has 164 valence electrons. The number of carbonyl (C=O) groups excluding carboxylic acids is 3. The maximum Gasteiger partial charge on any atom is 0.416 e. The summed E-state index contributed by atoms with van der Waals surface area (Å²) in [6.07, 6.45) is -5.00. The molecule has 0 saturated carbocycles. The van der Waals surface area contributed by atoms with Crippen molar-refractivity contribution in [2.24, 2.45) is 0 Å². The molecule has 0 aromatic heterocycles. The molecule has 0 atom stereocenters. The van der Waals surface area contributed by atoms with Crippen molar-refractivity contribution in [2.75, 3.05) is 28.7 Å². The normalized spacial score (nSPS) is 13.1. The van der Waals surface area contributed by atoms with Crippen molar-refractivity contribution in [1.29, 1.82) is 0 Å². The van der Waals surface area contributed by atoms with Gasteiger partial charge >= 0.3 is 6.18 Å². The summed E-state index contributed by atoms with van der Waals surface area (Å²) in [6, 6.07) is 9.62. The van der Waals surface area contributed by atoms with Gasteiger partial charge in [0.15, 0.2) is 0 Å². The van der Waals surface area contributed by atoms with Crippen LogP contribution in [0.2, 0.25) is 0 Å². The number of para-hydroxylation sites is 2. The van der Waals surface area contributed by atoms with Crippen molar-refractivity contribution in [1.82, 2.24) is 0 Å². The zero-order valence-electron chi connectivity index (χ0n) is 16.6. The van der Waals surface area contributed by atoms with Crippen LogP contribution in [0.3, 0.4) is 0 Å². The lowest BCUT2D eigenvalue weighted by atomic mass is 10.1. The Labute approximate surface area is 176 Å². The SMILES string of the molecule is CC(=O)Nc1ccc(C(F)(F)F)cc1NC(=O)CCC(=O)N1CCOc2ccccc21. The van der Waals surface area contributed by atoms with Gasteiger partial charge in [0, 0.05) is 19.8 Å². The molecular weight excluding hydrogens is 415 g/mol. The number of amides is 3. The summed E-state index contributed by atoms with van der Waals surface area (Å²) in [4.78, 5) is 37.8. The molecule has 0 radical (unpaired) electrons. The lowest BCUT2D eigenvalue weighted by Crippen LogP contribution is -2.38. The second kappa shape index (κ2) is 9.07. The van der Waals surface area contributed by atoms with E-state index in [1.54, 1.807) is 24.3 Å². The molecule has 1 heterocycles. The first kappa shape index (κ1) is 22.1. The molecular formula is C21H20F3N3O4. The summed E-state index contributed by atoms with van der Waals surface area (Å²) in [5, 5.41) is 4.73. The largest absolute Gasteiger partial charge is 0.490 e. The highest BCUT2D eigenvalue weighted by atomic mass is 19.4. The molecule has 2 aromatic rings. The minimum atomic E-state index is -4.62. The summed E-state index contributed by atoms with van der Waals surface area (Å²) in [6.45, 7) is 1.85. The van der Waals surface area contributed by atoms with E-state index in [-0.39, 0.29) is 30.1 Å².